The van der Waals surface area contributed by atoms with Crippen LogP contribution in [-0.2, 0) is 10.3 Å². The van der Waals surface area contributed by atoms with Gasteiger partial charge in [0.05, 0.1) is 5.56 Å². The number of fused-ring (bicyclic) bond motifs is 6. The summed E-state index contributed by atoms with van der Waals surface area (Å²) in [5.74, 6) is 1.06. The predicted octanol–water partition coefficient (Wildman–Crippen LogP) is 7.15. The molecule has 0 saturated heterocycles. The third kappa shape index (κ3) is 3.34. The number of carbonyl (C=O) groups excluding carboxylic acids is 1. The molecule has 180 valence electrons. The second-order valence-corrected chi connectivity index (χ2v) is 9.28. The average molecular weight is 477 g/mol. The van der Waals surface area contributed by atoms with Crippen molar-refractivity contribution in [3.8, 4) is 11.5 Å². The summed E-state index contributed by atoms with van der Waals surface area (Å²) in [6, 6.07) is 28.1. The smallest absolute Gasteiger partial charge is 0.340 e. The Labute approximate surface area is 211 Å². The topological polar surface area (TPSA) is 50.8 Å². The van der Waals surface area contributed by atoms with Gasteiger partial charge in [0.15, 0.2) is 5.60 Å². The van der Waals surface area contributed by atoms with Gasteiger partial charge >= 0.3 is 5.97 Å². The Hall–Kier alpha value is -4.25. The zero-order valence-electron chi connectivity index (χ0n) is 20.7. The number of hydrogen-bond acceptors (Lipinski definition) is 5. The third-order valence-corrected chi connectivity index (χ3v) is 7.13. The van der Waals surface area contributed by atoms with Gasteiger partial charge in [0.25, 0.3) is 0 Å². The van der Waals surface area contributed by atoms with Crippen molar-refractivity contribution in [3.05, 3.63) is 113 Å². The Bertz CT molecular complexity index is 1490. The van der Waals surface area contributed by atoms with Gasteiger partial charge in [-0.1, -0.05) is 30.3 Å². The second kappa shape index (κ2) is 8.45. The molecule has 0 bridgehead atoms. The number of ether oxygens (including phenoxy) is 2. The van der Waals surface area contributed by atoms with Gasteiger partial charge < -0.3 is 19.7 Å². The Morgan fingerprint density at radius 3 is 2.39 bits per heavy atom. The summed E-state index contributed by atoms with van der Waals surface area (Å²) in [4.78, 5) is 15.4. The molecular weight excluding hydrogens is 448 g/mol. The first-order valence-electron chi connectivity index (χ1n) is 12.4. The van der Waals surface area contributed by atoms with E-state index in [2.05, 4.69) is 55.3 Å². The van der Waals surface area contributed by atoms with Crippen LogP contribution in [0.5, 0.6) is 11.5 Å². The van der Waals surface area contributed by atoms with Crippen molar-refractivity contribution in [3.63, 3.8) is 0 Å². The minimum absolute atomic E-state index is 0.325. The molecular formula is C31H28N2O3. The van der Waals surface area contributed by atoms with Crippen LogP contribution in [-0.4, -0.2) is 19.1 Å². The molecule has 1 N–H and O–H groups in total. The fraction of sp³-hybridized carbons (Fsp3) is 0.194. The molecule has 0 radical (unpaired) electrons. The maximum absolute atomic E-state index is 13.2. The molecule has 1 unspecified atom stereocenters. The van der Waals surface area contributed by atoms with E-state index in [-0.39, 0.29) is 5.97 Å². The Balaban J connectivity index is 1.54. The summed E-state index contributed by atoms with van der Waals surface area (Å²) in [6.07, 6.45) is 0. The fourth-order valence-corrected chi connectivity index (χ4v) is 5.41. The Morgan fingerprint density at radius 2 is 1.58 bits per heavy atom. The van der Waals surface area contributed by atoms with Gasteiger partial charge in [-0.25, -0.2) is 4.79 Å². The standard InChI is InChI=1S/C31H28N2O3/c1-4-33(5-2)23-14-15-26-29(19-23)35-28-16-13-22(32-21-10-8-9-20(3)17-21)18-27(28)31(26)25-12-7-6-11-24(25)30(34)36-31/h6-19,32H,4-5H2,1-3H3. The normalized spacial score (nSPS) is 17.0. The lowest BCUT2D eigenvalue weighted by Gasteiger charge is -2.37. The van der Waals surface area contributed by atoms with Gasteiger partial charge in [-0.3, -0.25) is 0 Å². The number of rotatable bonds is 5. The average Bonchev–Trinajstić information content (AvgIpc) is 3.18. The van der Waals surface area contributed by atoms with Crippen molar-refractivity contribution >= 4 is 23.0 Å². The van der Waals surface area contributed by atoms with Gasteiger partial charge in [0.1, 0.15) is 11.5 Å². The van der Waals surface area contributed by atoms with Gasteiger partial charge in [0.2, 0.25) is 0 Å². The molecule has 1 atom stereocenters. The SMILES string of the molecule is CCN(CC)c1ccc2c(c1)Oc1ccc(Nc3cccc(C)c3)cc1C21OC(=O)c2ccccc21. The second-order valence-electron chi connectivity index (χ2n) is 9.28. The molecule has 0 fully saturated rings. The zero-order valence-corrected chi connectivity index (χ0v) is 20.7. The molecule has 0 aromatic heterocycles. The number of anilines is 3. The summed E-state index contributed by atoms with van der Waals surface area (Å²) in [5, 5.41) is 3.50. The molecule has 4 aromatic rings. The van der Waals surface area contributed by atoms with E-state index >= 15 is 0 Å². The van der Waals surface area contributed by atoms with E-state index in [9.17, 15) is 4.79 Å². The molecule has 4 aromatic carbocycles. The van der Waals surface area contributed by atoms with E-state index in [4.69, 9.17) is 9.47 Å². The zero-order chi connectivity index (χ0) is 24.9. The summed E-state index contributed by atoms with van der Waals surface area (Å²) >= 11 is 0. The Morgan fingerprint density at radius 1 is 0.778 bits per heavy atom. The highest BCUT2D eigenvalue weighted by molar-refractivity contribution is 5.97. The molecule has 2 aliphatic heterocycles. The van der Waals surface area contributed by atoms with E-state index in [0.29, 0.717) is 17.1 Å². The van der Waals surface area contributed by atoms with Gasteiger partial charge in [-0.2, -0.15) is 0 Å². The van der Waals surface area contributed by atoms with E-state index in [1.165, 1.54) is 5.56 Å². The van der Waals surface area contributed by atoms with Gasteiger partial charge in [-0.15, -0.1) is 0 Å². The fourth-order valence-electron chi connectivity index (χ4n) is 5.41. The van der Waals surface area contributed by atoms with E-state index < -0.39 is 5.60 Å². The number of benzene rings is 4. The number of hydrogen-bond donors (Lipinski definition) is 1. The molecule has 0 saturated carbocycles. The lowest BCUT2D eigenvalue weighted by atomic mass is 9.77. The molecule has 2 heterocycles. The van der Waals surface area contributed by atoms with Crippen LogP contribution in [0.25, 0.3) is 0 Å². The van der Waals surface area contributed by atoms with Crippen molar-refractivity contribution in [2.75, 3.05) is 23.3 Å². The summed E-state index contributed by atoms with van der Waals surface area (Å²) in [7, 11) is 0. The van der Waals surface area contributed by atoms with Crippen molar-refractivity contribution < 1.29 is 14.3 Å². The molecule has 5 nitrogen and oxygen atoms in total. The van der Waals surface area contributed by atoms with Crippen molar-refractivity contribution in [2.24, 2.45) is 0 Å². The molecule has 0 amide bonds. The maximum atomic E-state index is 13.2. The molecule has 5 heteroatoms. The highest BCUT2D eigenvalue weighted by atomic mass is 16.6. The number of aryl methyl sites for hydroxylation is 1. The molecule has 36 heavy (non-hydrogen) atoms. The molecule has 6 rings (SSSR count). The number of carbonyl (C=O) groups is 1. The highest BCUT2D eigenvalue weighted by Crippen LogP contribution is 2.57. The first-order chi connectivity index (χ1) is 17.5. The lowest BCUT2D eigenvalue weighted by Crippen LogP contribution is -2.33. The van der Waals surface area contributed by atoms with Crippen LogP contribution in [0.3, 0.4) is 0 Å². The van der Waals surface area contributed by atoms with E-state index in [0.717, 1.165) is 46.8 Å². The van der Waals surface area contributed by atoms with Crippen molar-refractivity contribution in [1.29, 1.82) is 0 Å². The monoisotopic (exact) mass is 476 g/mol. The van der Waals surface area contributed by atoms with Crippen LogP contribution < -0.4 is 15.0 Å². The third-order valence-electron chi connectivity index (χ3n) is 7.13. The van der Waals surface area contributed by atoms with Gasteiger partial charge in [0, 0.05) is 52.9 Å². The largest absolute Gasteiger partial charge is 0.456 e. The molecule has 1 spiro atoms. The van der Waals surface area contributed by atoms with Crippen LogP contribution in [0.4, 0.5) is 17.1 Å². The van der Waals surface area contributed by atoms with Crippen LogP contribution in [0.1, 0.15) is 46.5 Å². The van der Waals surface area contributed by atoms with E-state index in [1.807, 2.05) is 60.7 Å². The van der Waals surface area contributed by atoms with E-state index in [1.54, 1.807) is 0 Å². The quantitative estimate of drug-likeness (QED) is 0.310. The van der Waals surface area contributed by atoms with Crippen LogP contribution >= 0.6 is 0 Å². The molecule has 0 aliphatic carbocycles. The number of nitrogens with one attached hydrogen (secondary N) is 1. The van der Waals surface area contributed by atoms with Crippen molar-refractivity contribution in [2.45, 2.75) is 26.4 Å². The van der Waals surface area contributed by atoms with Crippen LogP contribution in [0, 0.1) is 6.92 Å². The van der Waals surface area contributed by atoms with Crippen LogP contribution in [0.15, 0.2) is 84.9 Å². The summed E-state index contributed by atoms with van der Waals surface area (Å²) in [5.41, 5.74) is 6.12. The number of esters is 1. The van der Waals surface area contributed by atoms with Gasteiger partial charge in [-0.05, 0) is 74.9 Å². The minimum atomic E-state index is -1.08. The first-order valence-corrected chi connectivity index (χ1v) is 12.4. The first kappa shape index (κ1) is 22.2. The number of nitrogens with zero attached hydrogens (tertiary/aromatic N) is 1. The predicted molar refractivity (Wildman–Crippen MR) is 143 cm³/mol. The highest BCUT2D eigenvalue weighted by Gasteiger charge is 2.53. The summed E-state index contributed by atoms with van der Waals surface area (Å²) < 4.78 is 12.8. The molecule has 2 aliphatic rings. The Kier molecular flexibility index (Phi) is 5.22. The van der Waals surface area contributed by atoms with Crippen molar-refractivity contribution in [1.82, 2.24) is 0 Å². The summed E-state index contributed by atoms with van der Waals surface area (Å²) in [6.45, 7) is 8.13. The minimum Gasteiger partial charge on any atom is -0.456 e. The van der Waals surface area contributed by atoms with Crippen LogP contribution in [0.2, 0.25) is 0 Å². The maximum Gasteiger partial charge on any atom is 0.340 e. The lowest BCUT2D eigenvalue weighted by molar-refractivity contribution is 0.0224.